The number of likely N-dealkylation sites (N-methyl/N-ethyl adjacent to an activating group) is 1. The molecule has 1 heterocycles. The summed E-state index contributed by atoms with van der Waals surface area (Å²) in [5.41, 5.74) is 1.99. The normalized spacial score (nSPS) is 11.4. The van der Waals surface area contributed by atoms with Crippen LogP contribution in [0.15, 0.2) is 24.4 Å². The molecule has 2 N–H and O–H groups in total. The highest BCUT2D eigenvalue weighted by Crippen LogP contribution is 2.29. The van der Waals surface area contributed by atoms with E-state index in [2.05, 4.69) is 30.8 Å². The minimum absolute atomic E-state index is 0.137. The summed E-state index contributed by atoms with van der Waals surface area (Å²) in [6, 6.07) is 5.94. The Hall–Kier alpha value is -2.34. The summed E-state index contributed by atoms with van der Waals surface area (Å²) in [5, 5.41) is 9.55. The molecule has 0 aliphatic heterocycles. The molecule has 6 heteroatoms. The first-order chi connectivity index (χ1) is 11.4. The molecule has 0 aliphatic carbocycles. The van der Waals surface area contributed by atoms with Gasteiger partial charge in [-0.1, -0.05) is 6.07 Å². The molecule has 0 radical (unpaired) electrons. The van der Waals surface area contributed by atoms with Crippen molar-refractivity contribution < 1.29 is 19.4 Å². The van der Waals surface area contributed by atoms with Crippen LogP contribution in [0.3, 0.4) is 0 Å². The topological polar surface area (TPSA) is 82.6 Å². The average molecular weight is 332 g/mol. The number of rotatable bonds is 8. The van der Waals surface area contributed by atoms with Crippen LogP contribution in [0.1, 0.15) is 32.3 Å². The number of aliphatic carboxylic acids is 1. The summed E-state index contributed by atoms with van der Waals surface area (Å²) in [4.78, 5) is 27.9. The van der Waals surface area contributed by atoms with Crippen LogP contribution in [0, 0.1) is 0 Å². The number of benzene rings is 1. The third-order valence-electron chi connectivity index (χ3n) is 4.13. The number of hydrogen-bond donors (Lipinski definition) is 2. The number of H-pyrrole nitrogens is 1. The van der Waals surface area contributed by atoms with Gasteiger partial charge in [0.25, 0.3) is 0 Å². The highest BCUT2D eigenvalue weighted by atomic mass is 16.5. The highest BCUT2D eigenvalue weighted by molar-refractivity contribution is 5.91. The van der Waals surface area contributed by atoms with Gasteiger partial charge in [-0.05, 0) is 45.0 Å². The minimum atomic E-state index is -1.01. The second-order valence-corrected chi connectivity index (χ2v) is 6.18. The van der Waals surface area contributed by atoms with Crippen molar-refractivity contribution in [2.24, 2.45) is 0 Å². The Balaban J connectivity index is 2.16. The minimum Gasteiger partial charge on any atom is -0.481 e. The Morgan fingerprint density at radius 3 is 2.71 bits per heavy atom. The van der Waals surface area contributed by atoms with Crippen LogP contribution >= 0.6 is 0 Å². The Bertz CT molecular complexity index is 721. The lowest BCUT2D eigenvalue weighted by Crippen LogP contribution is -2.28. The summed E-state index contributed by atoms with van der Waals surface area (Å²) in [6.45, 7) is 5.18. The number of carboxylic acids is 1. The molecule has 0 spiro atoms. The predicted octanol–water partition coefficient (Wildman–Crippen LogP) is 2.82. The first kappa shape index (κ1) is 18.0. The van der Waals surface area contributed by atoms with Crippen LogP contribution in [-0.4, -0.2) is 46.6 Å². The molecule has 0 amide bonds. The Labute approximate surface area is 141 Å². The standard InChI is InChI=1S/C18H24N2O4/c1-12(2)20(3)10-9-13-11-19-14-5-4-6-15(18(13)14)24-17(23)8-7-16(21)22/h4-6,11-12,19H,7-10H2,1-3H3,(H,21,22). The number of aromatic amines is 1. The van der Waals surface area contributed by atoms with Crippen molar-refractivity contribution in [3.63, 3.8) is 0 Å². The van der Waals surface area contributed by atoms with Gasteiger partial charge in [-0.15, -0.1) is 0 Å². The summed E-state index contributed by atoms with van der Waals surface area (Å²) < 4.78 is 5.40. The molecule has 0 aliphatic rings. The van der Waals surface area contributed by atoms with Crippen molar-refractivity contribution >= 4 is 22.8 Å². The smallest absolute Gasteiger partial charge is 0.311 e. The first-order valence-electron chi connectivity index (χ1n) is 8.10. The zero-order valence-electron chi connectivity index (χ0n) is 14.3. The lowest BCUT2D eigenvalue weighted by Gasteiger charge is -2.20. The maximum absolute atomic E-state index is 11.8. The van der Waals surface area contributed by atoms with Gasteiger partial charge >= 0.3 is 11.9 Å². The number of fused-ring (bicyclic) bond motifs is 1. The highest BCUT2D eigenvalue weighted by Gasteiger charge is 2.14. The summed E-state index contributed by atoms with van der Waals surface area (Å²) in [7, 11) is 2.08. The van der Waals surface area contributed by atoms with Gasteiger partial charge in [-0.3, -0.25) is 9.59 Å². The van der Waals surface area contributed by atoms with Crippen LogP contribution in [0.2, 0.25) is 0 Å². The SMILES string of the molecule is CC(C)N(C)CCc1c[nH]c2cccc(OC(=O)CCC(=O)O)c12. The van der Waals surface area contributed by atoms with Crippen LogP contribution in [0.5, 0.6) is 5.75 Å². The molecule has 2 aromatic rings. The van der Waals surface area contributed by atoms with Crippen molar-refractivity contribution in [2.45, 2.75) is 39.2 Å². The third kappa shape index (κ3) is 4.58. The zero-order chi connectivity index (χ0) is 17.7. The van der Waals surface area contributed by atoms with E-state index in [1.54, 1.807) is 6.07 Å². The summed E-state index contributed by atoms with van der Waals surface area (Å²) >= 11 is 0. The molecule has 0 bridgehead atoms. The van der Waals surface area contributed by atoms with Gasteiger partial charge in [0, 0.05) is 29.7 Å². The van der Waals surface area contributed by atoms with E-state index in [-0.39, 0.29) is 12.8 Å². The molecule has 0 fully saturated rings. The fraction of sp³-hybridized carbons (Fsp3) is 0.444. The molecule has 130 valence electrons. The number of carbonyl (C=O) groups is 2. The van der Waals surface area contributed by atoms with E-state index in [1.807, 2.05) is 18.3 Å². The van der Waals surface area contributed by atoms with Gasteiger partial charge in [0.15, 0.2) is 0 Å². The Morgan fingerprint density at radius 2 is 2.04 bits per heavy atom. The van der Waals surface area contributed by atoms with Gasteiger partial charge in [0.2, 0.25) is 0 Å². The van der Waals surface area contributed by atoms with E-state index >= 15 is 0 Å². The molecule has 24 heavy (non-hydrogen) atoms. The first-order valence-corrected chi connectivity index (χ1v) is 8.10. The molecule has 1 aromatic carbocycles. The summed E-state index contributed by atoms with van der Waals surface area (Å²) in [6.07, 6.45) is 2.40. The van der Waals surface area contributed by atoms with Crippen molar-refractivity contribution in [3.05, 3.63) is 30.0 Å². The fourth-order valence-electron chi connectivity index (χ4n) is 2.44. The van der Waals surface area contributed by atoms with E-state index in [0.29, 0.717) is 11.8 Å². The van der Waals surface area contributed by atoms with Gasteiger partial charge < -0.3 is 19.7 Å². The van der Waals surface area contributed by atoms with E-state index in [0.717, 1.165) is 29.4 Å². The van der Waals surface area contributed by atoms with Crippen LogP contribution in [-0.2, 0) is 16.0 Å². The zero-order valence-corrected chi connectivity index (χ0v) is 14.3. The number of carboxylic acid groups (broad SMARTS) is 1. The number of carbonyl (C=O) groups excluding carboxylic acids is 1. The molecular weight excluding hydrogens is 308 g/mol. The van der Waals surface area contributed by atoms with Crippen LogP contribution in [0.4, 0.5) is 0 Å². The van der Waals surface area contributed by atoms with Crippen molar-refractivity contribution in [1.29, 1.82) is 0 Å². The maximum atomic E-state index is 11.8. The molecule has 1 aromatic heterocycles. The van der Waals surface area contributed by atoms with Crippen LogP contribution in [0.25, 0.3) is 10.9 Å². The molecule has 0 unspecified atom stereocenters. The van der Waals surface area contributed by atoms with E-state index in [1.165, 1.54) is 0 Å². The quantitative estimate of drug-likeness (QED) is 0.574. The lowest BCUT2D eigenvalue weighted by atomic mass is 10.1. The molecular formula is C18H24N2O4. The lowest BCUT2D eigenvalue weighted by molar-refractivity contribution is -0.142. The molecule has 0 atom stereocenters. The fourth-order valence-corrected chi connectivity index (χ4v) is 2.44. The van der Waals surface area contributed by atoms with Gasteiger partial charge in [0.05, 0.1) is 12.8 Å². The van der Waals surface area contributed by atoms with Gasteiger partial charge in [0.1, 0.15) is 5.75 Å². The molecule has 0 saturated carbocycles. The van der Waals surface area contributed by atoms with Crippen molar-refractivity contribution in [3.8, 4) is 5.75 Å². The Morgan fingerprint density at radius 1 is 1.29 bits per heavy atom. The van der Waals surface area contributed by atoms with Crippen LogP contribution < -0.4 is 4.74 Å². The van der Waals surface area contributed by atoms with Gasteiger partial charge in [-0.25, -0.2) is 0 Å². The molecule has 6 nitrogen and oxygen atoms in total. The third-order valence-corrected chi connectivity index (χ3v) is 4.13. The maximum Gasteiger partial charge on any atom is 0.311 e. The number of nitrogens with one attached hydrogen (secondary N) is 1. The van der Waals surface area contributed by atoms with Crippen molar-refractivity contribution in [2.75, 3.05) is 13.6 Å². The summed E-state index contributed by atoms with van der Waals surface area (Å²) in [5.74, 6) is -1.06. The number of hydrogen-bond acceptors (Lipinski definition) is 4. The number of ether oxygens (including phenoxy) is 1. The average Bonchev–Trinajstić information content (AvgIpc) is 2.94. The van der Waals surface area contributed by atoms with E-state index in [4.69, 9.17) is 9.84 Å². The number of aromatic nitrogens is 1. The predicted molar refractivity (Wildman–Crippen MR) is 92.3 cm³/mol. The molecule has 0 saturated heterocycles. The largest absolute Gasteiger partial charge is 0.481 e. The second kappa shape index (κ2) is 7.97. The van der Waals surface area contributed by atoms with E-state index in [9.17, 15) is 9.59 Å². The Kier molecular flexibility index (Phi) is 5.98. The number of nitrogens with zero attached hydrogens (tertiary/aromatic N) is 1. The molecule has 2 rings (SSSR count). The van der Waals surface area contributed by atoms with Crippen molar-refractivity contribution in [1.82, 2.24) is 9.88 Å². The van der Waals surface area contributed by atoms with E-state index < -0.39 is 11.9 Å². The number of esters is 1. The monoisotopic (exact) mass is 332 g/mol. The van der Waals surface area contributed by atoms with Gasteiger partial charge in [-0.2, -0.15) is 0 Å². The second-order valence-electron chi connectivity index (χ2n) is 6.18.